The number of anilines is 1. The molecule has 0 aliphatic heterocycles. The van der Waals surface area contributed by atoms with Gasteiger partial charge in [-0.25, -0.2) is 18.4 Å². The van der Waals surface area contributed by atoms with Crippen molar-refractivity contribution in [3.8, 4) is 5.82 Å². The Morgan fingerprint density at radius 3 is 2.48 bits per heavy atom. The number of halogens is 2. The second kappa shape index (κ2) is 6.65. The number of nitrogens with one attached hydrogen (secondary N) is 1. The third-order valence-electron chi connectivity index (χ3n) is 3.21. The molecule has 2 aromatic heterocycles. The molecule has 0 aliphatic carbocycles. The van der Waals surface area contributed by atoms with E-state index < -0.39 is 11.6 Å². The van der Waals surface area contributed by atoms with E-state index >= 15 is 0 Å². The molecule has 0 bridgehead atoms. The SMILES string of the molecule is CCCNc1nc(-n2nc(CC)cc2CC)c(F)cc1F. The molecule has 0 saturated heterocycles. The van der Waals surface area contributed by atoms with Gasteiger partial charge in [0.05, 0.1) is 5.69 Å². The Bertz CT molecular complexity index is 622. The first-order chi connectivity index (χ1) is 10.1. The molecule has 2 rings (SSSR count). The average molecular weight is 294 g/mol. The highest BCUT2D eigenvalue weighted by Gasteiger charge is 2.17. The van der Waals surface area contributed by atoms with Crippen molar-refractivity contribution in [1.82, 2.24) is 14.8 Å². The first kappa shape index (κ1) is 15.4. The van der Waals surface area contributed by atoms with E-state index in [1.807, 2.05) is 26.8 Å². The number of aryl methyl sites for hydroxylation is 2. The van der Waals surface area contributed by atoms with Crippen molar-refractivity contribution in [2.75, 3.05) is 11.9 Å². The van der Waals surface area contributed by atoms with Crippen LogP contribution in [0.4, 0.5) is 14.6 Å². The van der Waals surface area contributed by atoms with Crippen LogP contribution in [0.25, 0.3) is 5.82 Å². The second-order valence-electron chi connectivity index (χ2n) is 4.80. The van der Waals surface area contributed by atoms with Gasteiger partial charge >= 0.3 is 0 Å². The van der Waals surface area contributed by atoms with Crippen LogP contribution >= 0.6 is 0 Å². The predicted octanol–water partition coefficient (Wildman–Crippen LogP) is 3.49. The molecule has 4 nitrogen and oxygen atoms in total. The highest BCUT2D eigenvalue weighted by molar-refractivity contribution is 5.42. The zero-order valence-corrected chi connectivity index (χ0v) is 12.6. The molecule has 0 fully saturated rings. The molecule has 0 spiro atoms. The van der Waals surface area contributed by atoms with Crippen molar-refractivity contribution in [3.63, 3.8) is 0 Å². The van der Waals surface area contributed by atoms with Gasteiger partial charge in [-0.2, -0.15) is 5.10 Å². The summed E-state index contributed by atoms with van der Waals surface area (Å²) in [5, 5.41) is 7.21. The highest BCUT2D eigenvalue weighted by Crippen LogP contribution is 2.20. The molecule has 0 aromatic carbocycles. The van der Waals surface area contributed by atoms with Gasteiger partial charge in [0.1, 0.15) is 0 Å². The van der Waals surface area contributed by atoms with Crippen molar-refractivity contribution in [1.29, 1.82) is 0 Å². The number of hydrogen-bond acceptors (Lipinski definition) is 3. The minimum atomic E-state index is -0.713. The summed E-state index contributed by atoms with van der Waals surface area (Å²) in [7, 11) is 0. The Labute approximate surface area is 123 Å². The van der Waals surface area contributed by atoms with E-state index in [0.717, 1.165) is 30.3 Å². The Morgan fingerprint density at radius 2 is 1.86 bits per heavy atom. The Kier molecular flexibility index (Phi) is 4.88. The van der Waals surface area contributed by atoms with Gasteiger partial charge in [-0.05, 0) is 25.3 Å². The molecule has 0 radical (unpaired) electrons. The third-order valence-corrected chi connectivity index (χ3v) is 3.21. The number of nitrogens with zero attached hydrogens (tertiary/aromatic N) is 3. The molecule has 0 unspecified atom stereocenters. The van der Waals surface area contributed by atoms with E-state index in [-0.39, 0.29) is 11.6 Å². The minimum Gasteiger partial charge on any atom is -0.368 e. The Balaban J connectivity index is 2.49. The molecule has 0 aliphatic rings. The van der Waals surface area contributed by atoms with Gasteiger partial charge < -0.3 is 5.32 Å². The van der Waals surface area contributed by atoms with Crippen LogP contribution in [0.1, 0.15) is 38.6 Å². The van der Waals surface area contributed by atoms with Crippen LogP contribution in [0.15, 0.2) is 12.1 Å². The van der Waals surface area contributed by atoms with Crippen LogP contribution in [0.2, 0.25) is 0 Å². The van der Waals surface area contributed by atoms with Gasteiger partial charge in [0.25, 0.3) is 0 Å². The highest BCUT2D eigenvalue weighted by atomic mass is 19.1. The van der Waals surface area contributed by atoms with Crippen LogP contribution in [0, 0.1) is 11.6 Å². The maximum Gasteiger partial charge on any atom is 0.192 e. The molecular formula is C15H20F2N4. The van der Waals surface area contributed by atoms with Gasteiger partial charge in [-0.15, -0.1) is 0 Å². The van der Waals surface area contributed by atoms with E-state index in [1.54, 1.807) is 0 Å². The van der Waals surface area contributed by atoms with Crippen LogP contribution < -0.4 is 5.32 Å². The summed E-state index contributed by atoms with van der Waals surface area (Å²) in [5.41, 5.74) is 1.71. The van der Waals surface area contributed by atoms with Gasteiger partial charge in [0.2, 0.25) is 0 Å². The summed E-state index contributed by atoms with van der Waals surface area (Å²) in [6.07, 6.45) is 2.28. The molecule has 21 heavy (non-hydrogen) atoms. The van der Waals surface area contributed by atoms with Crippen LogP contribution in [0.5, 0.6) is 0 Å². The van der Waals surface area contributed by atoms with Crippen molar-refractivity contribution in [2.24, 2.45) is 0 Å². The first-order valence-corrected chi connectivity index (χ1v) is 7.28. The van der Waals surface area contributed by atoms with Gasteiger partial charge in [-0.1, -0.05) is 20.8 Å². The Morgan fingerprint density at radius 1 is 1.10 bits per heavy atom. The maximum absolute atomic E-state index is 14.1. The lowest BCUT2D eigenvalue weighted by atomic mass is 10.2. The maximum atomic E-state index is 14.1. The molecule has 0 saturated carbocycles. The molecule has 0 amide bonds. The zero-order chi connectivity index (χ0) is 15.4. The molecule has 0 atom stereocenters. The Hall–Kier alpha value is -1.98. The molecule has 6 heteroatoms. The fourth-order valence-electron chi connectivity index (χ4n) is 2.06. The standard InChI is InChI=1S/C15H20F2N4/c1-4-7-18-14-12(16)9-13(17)15(19-14)21-11(6-3)8-10(5-2)20-21/h8-9H,4-7H2,1-3H3,(H,18,19). The van der Waals surface area contributed by atoms with Crippen molar-refractivity contribution < 1.29 is 8.78 Å². The summed E-state index contributed by atoms with van der Waals surface area (Å²) in [4.78, 5) is 4.08. The van der Waals surface area contributed by atoms with Crippen molar-refractivity contribution in [2.45, 2.75) is 40.0 Å². The van der Waals surface area contributed by atoms with Crippen LogP contribution in [-0.4, -0.2) is 21.3 Å². The first-order valence-electron chi connectivity index (χ1n) is 7.28. The van der Waals surface area contributed by atoms with E-state index in [2.05, 4.69) is 15.4 Å². The summed E-state index contributed by atoms with van der Waals surface area (Å²) >= 11 is 0. The lowest BCUT2D eigenvalue weighted by Gasteiger charge is -2.10. The summed E-state index contributed by atoms with van der Waals surface area (Å²) < 4.78 is 29.3. The van der Waals surface area contributed by atoms with Gasteiger partial charge in [0.15, 0.2) is 23.3 Å². The second-order valence-corrected chi connectivity index (χ2v) is 4.80. The van der Waals surface area contributed by atoms with E-state index in [9.17, 15) is 8.78 Å². The fraction of sp³-hybridized carbons (Fsp3) is 0.467. The van der Waals surface area contributed by atoms with Gasteiger partial charge in [-0.3, -0.25) is 0 Å². The largest absolute Gasteiger partial charge is 0.368 e. The number of pyridine rings is 1. The molecule has 1 N–H and O–H groups in total. The van der Waals surface area contributed by atoms with Crippen LogP contribution in [0.3, 0.4) is 0 Å². The number of rotatable bonds is 6. The van der Waals surface area contributed by atoms with E-state index in [4.69, 9.17) is 0 Å². The fourth-order valence-corrected chi connectivity index (χ4v) is 2.06. The van der Waals surface area contributed by atoms with E-state index in [0.29, 0.717) is 13.0 Å². The lowest BCUT2D eigenvalue weighted by molar-refractivity contribution is 0.559. The lowest BCUT2D eigenvalue weighted by Crippen LogP contribution is -2.12. The normalized spacial score (nSPS) is 10.9. The molecule has 2 heterocycles. The zero-order valence-electron chi connectivity index (χ0n) is 12.6. The minimum absolute atomic E-state index is 0.0338. The summed E-state index contributed by atoms with van der Waals surface area (Å²) in [6.45, 7) is 6.49. The van der Waals surface area contributed by atoms with Crippen LogP contribution in [-0.2, 0) is 12.8 Å². The molecule has 114 valence electrons. The van der Waals surface area contributed by atoms with Gasteiger partial charge in [0, 0.05) is 18.3 Å². The smallest absolute Gasteiger partial charge is 0.192 e. The summed E-state index contributed by atoms with van der Waals surface area (Å²) in [5.74, 6) is -1.31. The number of aromatic nitrogens is 3. The average Bonchev–Trinajstić information content (AvgIpc) is 2.89. The third kappa shape index (κ3) is 3.20. The quantitative estimate of drug-likeness (QED) is 0.886. The van der Waals surface area contributed by atoms with Crippen molar-refractivity contribution in [3.05, 3.63) is 35.2 Å². The molecule has 2 aromatic rings. The monoisotopic (exact) mass is 294 g/mol. The number of hydrogen-bond donors (Lipinski definition) is 1. The molecular weight excluding hydrogens is 274 g/mol. The topological polar surface area (TPSA) is 42.7 Å². The predicted molar refractivity (Wildman–Crippen MR) is 78.8 cm³/mol. The summed E-state index contributed by atoms with van der Waals surface area (Å²) in [6, 6.07) is 2.77. The van der Waals surface area contributed by atoms with E-state index in [1.165, 1.54) is 4.68 Å². The van der Waals surface area contributed by atoms with Crippen molar-refractivity contribution >= 4 is 5.82 Å².